The van der Waals surface area contributed by atoms with Gasteiger partial charge in [0.25, 0.3) is 11.8 Å². The molecule has 0 aliphatic heterocycles. The van der Waals surface area contributed by atoms with E-state index in [1.54, 1.807) is 54.6 Å². The number of amides is 2. The Morgan fingerprint density at radius 3 is 2.26 bits per heavy atom. The molecule has 0 heterocycles. The second-order valence-electron chi connectivity index (χ2n) is 7.84. The molecule has 3 aromatic rings. The predicted octanol–water partition coefficient (Wildman–Crippen LogP) is 4.87. The van der Waals surface area contributed by atoms with Crippen LogP contribution in [-0.2, 0) is 4.79 Å². The van der Waals surface area contributed by atoms with E-state index in [0.717, 1.165) is 0 Å². The molecule has 0 radical (unpaired) electrons. The Kier molecular flexibility index (Phi) is 8.99. The molecule has 0 aromatic heterocycles. The predicted molar refractivity (Wildman–Crippen MR) is 137 cm³/mol. The summed E-state index contributed by atoms with van der Waals surface area (Å²) < 4.78 is 11.2. The van der Waals surface area contributed by atoms with E-state index in [1.807, 2.05) is 38.1 Å². The van der Waals surface area contributed by atoms with Crippen LogP contribution in [0.2, 0.25) is 0 Å². The van der Waals surface area contributed by atoms with E-state index >= 15 is 0 Å². The zero-order valence-electron chi connectivity index (χ0n) is 19.0. The van der Waals surface area contributed by atoms with E-state index in [2.05, 4.69) is 16.0 Å². The van der Waals surface area contributed by atoms with Crippen molar-refractivity contribution in [2.45, 2.75) is 13.8 Å². The third-order valence-electron chi connectivity index (χ3n) is 4.45. The van der Waals surface area contributed by atoms with E-state index in [0.29, 0.717) is 41.0 Å². The summed E-state index contributed by atoms with van der Waals surface area (Å²) in [6.07, 6.45) is 0. The number of rotatable bonds is 9. The summed E-state index contributed by atoms with van der Waals surface area (Å²) in [6.45, 7) is 4.46. The van der Waals surface area contributed by atoms with Crippen molar-refractivity contribution < 1.29 is 19.1 Å². The molecular weight excluding hydrogens is 450 g/mol. The highest BCUT2D eigenvalue weighted by Gasteiger charge is 2.14. The molecule has 7 nitrogen and oxygen atoms in total. The molecule has 3 aromatic carbocycles. The summed E-state index contributed by atoms with van der Waals surface area (Å²) in [7, 11) is 0. The van der Waals surface area contributed by atoms with Crippen LogP contribution in [0.25, 0.3) is 0 Å². The van der Waals surface area contributed by atoms with Crippen LogP contribution >= 0.6 is 12.2 Å². The fraction of sp³-hybridized carbons (Fsp3) is 0.192. The van der Waals surface area contributed by atoms with Gasteiger partial charge in [0.1, 0.15) is 11.5 Å². The number of benzene rings is 3. The molecule has 0 atom stereocenters. The zero-order valence-corrected chi connectivity index (χ0v) is 19.9. The van der Waals surface area contributed by atoms with Crippen molar-refractivity contribution in [1.82, 2.24) is 5.32 Å². The number of anilines is 2. The van der Waals surface area contributed by atoms with Crippen LogP contribution < -0.4 is 25.4 Å². The molecule has 0 aliphatic rings. The molecule has 0 unspecified atom stereocenters. The van der Waals surface area contributed by atoms with Gasteiger partial charge in [0, 0.05) is 11.4 Å². The lowest BCUT2D eigenvalue weighted by Gasteiger charge is -2.14. The first-order chi connectivity index (χ1) is 16.4. The van der Waals surface area contributed by atoms with Gasteiger partial charge in [-0.05, 0) is 60.6 Å². The van der Waals surface area contributed by atoms with Crippen molar-refractivity contribution in [3.8, 4) is 11.5 Å². The van der Waals surface area contributed by atoms with Gasteiger partial charge in [-0.2, -0.15) is 0 Å². The number of para-hydroxylation sites is 2. The second kappa shape index (κ2) is 12.4. The van der Waals surface area contributed by atoms with E-state index < -0.39 is 0 Å². The van der Waals surface area contributed by atoms with Crippen molar-refractivity contribution in [3.05, 3.63) is 84.4 Å². The molecule has 176 valence electrons. The Hall–Kier alpha value is -3.91. The third kappa shape index (κ3) is 7.90. The number of carbonyl (C=O) groups excluding carboxylic acids is 2. The van der Waals surface area contributed by atoms with Gasteiger partial charge in [-0.25, -0.2) is 0 Å². The van der Waals surface area contributed by atoms with Crippen molar-refractivity contribution in [2.75, 3.05) is 23.8 Å². The zero-order chi connectivity index (χ0) is 24.3. The Balaban J connectivity index is 1.54. The molecule has 0 spiro atoms. The Bertz CT molecular complexity index is 1140. The standard InChI is InChI=1S/C26H27N3O4S/c1-18(2)16-33-23-14-7-6-13-22(23)25(31)29-26(34)28-20-10-8-9-19(15-20)27-24(30)17-32-21-11-4-3-5-12-21/h3-15,18H,16-17H2,1-2H3,(H,27,30)(H2,28,29,31,34). The lowest BCUT2D eigenvalue weighted by molar-refractivity contribution is -0.118. The van der Waals surface area contributed by atoms with Gasteiger partial charge in [-0.15, -0.1) is 0 Å². The molecule has 0 fully saturated rings. The summed E-state index contributed by atoms with van der Waals surface area (Å²) in [5.74, 6) is 0.773. The van der Waals surface area contributed by atoms with Crippen LogP contribution in [0, 0.1) is 5.92 Å². The number of hydrogen-bond acceptors (Lipinski definition) is 5. The lowest BCUT2D eigenvalue weighted by Crippen LogP contribution is -2.34. The number of ether oxygens (including phenoxy) is 2. The number of carbonyl (C=O) groups is 2. The largest absolute Gasteiger partial charge is 0.492 e. The first kappa shape index (κ1) is 24.7. The summed E-state index contributed by atoms with van der Waals surface area (Å²) in [6, 6.07) is 23.1. The molecule has 0 saturated carbocycles. The Morgan fingerprint density at radius 1 is 0.853 bits per heavy atom. The number of nitrogens with one attached hydrogen (secondary N) is 3. The first-order valence-corrected chi connectivity index (χ1v) is 11.2. The summed E-state index contributed by atoms with van der Waals surface area (Å²) in [5.41, 5.74) is 1.57. The molecule has 34 heavy (non-hydrogen) atoms. The van der Waals surface area contributed by atoms with Crippen LogP contribution in [0.1, 0.15) is 24.2 Å². The molecule has 3 N–H and O–H groups in total. The van der Waals surface area contributed by atoms with Gasteiger partial charge in [-0.3, -0.25) is 14.9 Å². The average molecular weight is 478 g/mol. The fourth-order valence-electron chi connectivity index (χ4n) is 2.91. The topological polar surface area (TPSA) is 88.7 Å². The van der Waals surface area contributed by atoms with Gasteiger partial charge in [-0.1, -0.05) is 50.2 Å². The van der Waals surface area contributed by atoms with Gasteiger partial charge >= 0.3 is 0 Å². The molecule has 0 aliphatic carbocycles. The first-order valence-electron chi connectivity index (χ1n) is 10.8. The van der Waals surface area contributed by atoms with Crippen molar-refractivity contribution in [3.63, 3.8) is 0 Å². The van der Waals surface area contributed by atoms with Gasteiger partial charge in [0.15, 0.2) is 11.7 Å². The van der Waals surface area contributed by atoms with Crippen LogP contribution in [-0.4, -0.2) is 30.1 Å². The second-order valence-corrected chi connectivity index (χ2v) is 8.25. The minimum Gasteiger partial charge on any atom is -0.492 e. The minimum atomic E-state index is -0.376. The molecule has 3 rings (SSSR count). The summed E-state index contributed by atoms with van der Waals surface area (Å²) in [5, 5.41) is 8.52. The highest BCUT2D eigenvalue weighted by molar-refractivity contribution is 7.80. The molecular formula is C26H27N3O4S. The lowest BCUT2D eigenvalue weighted by atomic mass is 10.2. The number of hydrogen-bond donors (Lipinski definition) is 3. The SMILES string of the molecule is CC(C)COc1ccccc1C(=O)NC(=S)Nc1cccc(NC(=O)COc2ccccc2)c1. The smallest absolute Gasteiger partial charge is 0.262 e. The fourth-order valence-corrected chi connectivity index (χ4v) is 3.12. The van der Waals surface area contributed by atoms with Crippen LogP contribution in [0.4, 0.5) is 11.4 Å². The molecule has 0 saturated heterocycles. The molecule has 8 heteroatoms. The monoisotopic (exact) mass is 477 g/mol. The highest BCUT2D eigenvalue weighted by Crippen LogP contribution is 2.19. The quantitative estimate of drug-likeness (QED) is 0.381. The van der Waals surface area contributed by atoms with Crippen molar-refractivity contribution >= 4 is 40.5 Å². The minimum absolute atomic E-state index is 0.117. The maximum Gasteiger partial charge on any atom is 0.262 e. The maximum absolute atomic E-state index is 12.7. The summed E-state index contributed by atoms with van der Waals surface area (Å²) in [4.78, 5) is 24.9. The highest BCUT2D eigenvalue weighted by atomic mass is 32.1. The Morgan fingerprint density at radius 2 is 1.53 bits per heavy atom. The van der Waals surface area contributed by atoms with E-state index in [1.165, 1.54) is 0 Å². The maximum atomic E-state index is 12.7. The van der Waals surface area contributed by atoms with E-state index in [9.17, 15) is 9.59 Å². The molecule has 0 bridgehead atoms. The molecule has 2 amide bonds. The van der Waals surface area contributed by atoms with Crippen molar-refractivity contribution in [2.24, 2.45) is 5.92 Å². The van der Waals surface area contributed by atoms with E-state index in [4.69, 9.17) is 21.7 Å². The Labute approximate surface area is 204 Å². The van der Waals surface area contributed by atoms with Gasteiger partial charge < -0.3 is 20.1 Å². The summed E-state index contributed by atoms with van der Waals surface area (Å²) >= 11 is 5.30. The van der Waals surface area contributed by atoms with Crippen LogP contribution in [0.15, 0.2) is 78.9 Å². The third-order valence-corrected chi connectivity index (χ3v) is 4.65. The van der Waals surface area contributed by atoms with Crippen molar-refractivity contribution in [1.29, 1.82) is 0 Å². The van der Waals surface area contributed by atoms with Crippen LogP contribution in [0.5, 0.6) is 11.5 Å². The normalized spacial score (nSPS) is 10.3. The van der Waals surface area contributed by atoms with Gasteiger partial charge in [0.05, 0.1) is 12.2 Å². The van der Waals surface area contributed by atoms with Crippen LogP contribution in [0.3, 0.4) is 0 Å². The number of thiocarbonyl (C=S) groups is 1. The average Bonchev–Trinajstić information content (AvgIpc) is 2.82. The van der Waals surface area contributed by atoms with E-state index in [-0.39, 0.29) is 23.5 Å². The van der Waals surface area contributed by atoms with Gasteiger partial charge in [0.2, 0.25) is 0 Å².